The Morgan fingerprint density at radius 1 is 1.15 bits per heavy atom. The third-order valence-corrected chi connectivity index (χ3v) is 6.60. The first-order valence-electron chi connectivity index (χ1n) is 8.51. The smallest absolute Gasteiger partial charge is 0.326 e. The van der Waals surface area contributed by atoms with Crippen molar-refractivity contribution in [3.8, 4) is 0 Å². The number of hydrogen-bond acceptors (Lipinski definition) is 7. The van der Waals surface area contributed by atoms with E-state index in [0.29, 0.717) is 18.8 Å². The molecule has 142 valence electrons. The van der Waals surface area contributed by atoms with Crippen molar-refractivity contribution in [3.63, 3.8) is 0 Å². The predicted molar refractivity (Wildman–Crippen MR) is 94.6 cm³/mol. The molecule has 1 fully saturated rings. The van der Waals surface area contributed by atoms with Crippen LogP contribution in [0.25, 0.3) is 10.9 Å². The van der Waals surface area contributed by atoms with Crippen LogP contribution in [-0.2, 0) is 10.0 Å². The molecule has 2 aromatic heterocycles. The zero-order chi connectivity index (χ0) is 19.0. The molecular weight excluding hydrogens is 374 g/mol. The first-order valence-corrected chi connectivity index (χ1v) is 9.95. The zero-order valence-electron chi connectivity index (χ0n) is 14.2. The second-order valence-corrected chi connectivity index (χ2v) is 8.28. The van der Waals surface area contributed by atoms with Crippen molar-refractivity contribution in [1.29, 1.82) is 0 Å². The number of aromatic amines is 2. The summed E-state index contributed by atoms with van der Waals surface area (Å²) < 4.78 is 32.8. The fourth-order valence-electron chi connectivity index (χ4n) is 3.39. The Kier molecular flexibility index (Phi) is 4.40. The van der Waals surface area contributed by atoms with Gasteiger partial charge in [-0.2, -0.15) is 9.29 Å². The maximum absolute atomic E-state index is 13.3. The molecule has 3 heterocycles. The third-order valence-electron chi connectivity index (χ3n) is 4.70. The molecule has 3 aromatic rings. The van der Waals surface area contributed by atoms with E-state index >= 15 is 0 Å². The number of aromatic nitrogens is 4. The molecule has 27 heavy (non-hydrogen) atoms. The number of benzene rings is 1. The van der Waals surface area contributed by atoms with Crippen LogP contribution in [0, 0.1) is 0 Å². The van der Waals surface area contributed by atoms with Gasteiger partial charge in [-0.15, -0.1) is 0 Å². The quantitative estimate of drug-likeness (QED) is 0.675. The first kappa shape index (κ1) is 17.6. The monoisotopic (exact) mass is 391 g/mol. The van der Waals surface area contributed by atoms with Crippen molar-refractivity contribution in [2.45, 2.75) is 36.6 Å². The van der Waals surface area contributed by atoms with E-state index in [1.54, 1.807) is 0 Å². The predicted octanol–water partition coefficient (Wildman–Crippen LogP) is 0.905. The summed E-state index contributed by atoms with van der Waals surface area (Å²) >= 11 is 0. The van der Waals surface area contributed by atoms with E-state index in [1.165, 1.54) is 28.9 Å². The Bertz CT molecular complexity index is 1180. The highest BCUT2D eigenvalue weighted by Gasteiger charge is 2.35. The van der Waals surface area contributed by atoms with Crippen LogP contribution < -0.4 is 11.2 Å². The summed E-state index contributed by atoms with van der Waals surface area (Å²) in [5.41, 5.74) is -1.02. The van der Waals surface area contributed by atoms with Gasteiger partial charge in [-0.25, -0.2) is 13.2 Å². The molecule has 1 aliphatic rings. The number of nitrogens with one attached hydrogen (secondary N) is 2. The molecule has 1 saturated heterocycles. The maximum Gasteiger partial charge on any atom is 0.326 e. The van der Waals surface area contributed by atoms with Crippen molar-refractivity contribution >= 4 is 20.9 Å². The molecule has 2 N–H and O–H groups in total. The Labute approximate surface area is 153 Å². The maximum atomic E-state index is 13.3. The fourth-order valence-corrected chi connectivity index (χ4v) is 5.07. The number of hydrogen-bond donors (Lipinski definition) is 2. The third kappa shape index (κ3) is 3.19. The van der Waals surface area contributed by atoms with Crippen molar-refractivity contribution in [2.24, 2.45) is 0 Å². The molecule has 10 nitrogen and oxygen atoms in total. The molecule has 11 heteroatoms. The van der Waals surface area contributed by atoms with Gasteiger partial charge in [-0.3, -0.25) is 9.78 Å². The molecule has 1 atom stereocenters. The molecule has 1 aliphatic heterocycles. The molecule has 0 bridgehead atoms. The van der Waals surface area contributed by atoms with Crippen LogP contribution in [0.5, 0.6) is 0 Å². The summed E-state index contributed by atoms with van der Waals surface area (Å²) in [5.74, 6) is 0.323. The SMILES string of the molecule is O=c1[nH]c(=O)c2cc(S(=O)(=O)N3CCCCC[C@H]3c3ncon3)ccc2[nH]1. The lowest BCUT2D eigenvalue weighted by molar-refractivity contribution is 0.304. The Balaban J connectivity index is 1.82. The van der Waals surface area contributed by atoms with Crippen LogP contribution in [0.2, 0.25) is 0 Å². The lowest BCUT2D eigenvalue weighted by Gasteiger charge is -2.27. The van der Waals surface area contributed by atoms with Crippen LogP contribution in [0.4, 0.5) is 0 Å². The van der Waals surface area contributed by atoms with Crippen LogP contribution >= 0.6 is 0 Å². The van der Waals surface area contributed by atoms with Crippen molar-refractivity contribution in [2.75, 3.05) is 6.54 Å². The molecule has 0 unspecified atom stereocenters. The van der Waals surface area contributed by atoms with Gasteiger partial charge >= 0.3 is 5.69 Å². The minimum absolute atomic E-state index is 0.0251. The topological polar surface area (TPSA) is 142 Å². The van der Waals surface area contributed by atoms with Gasteiger partial charge in [0, 0.05) is 6.54 Å². The summed E-state index contributed by atoms with van der Waals surface area (Å²) in [6.07, 6.45) is 4.23. The summed E-state index contributed by atoms with van der Waals surface area (Å²) in [6.45, 7) is 0.321. The van der Waals surface area contributed by atoms with E-state index in [2.05, 4.69) is 20.1 Å². The lowest BCUT2D eigenvalue weighted by Crippen LogP contribution is -2.35. The van der Waals surface area contributed by atoms with Gasteiger partial charge < -0.3 is 9.51 Å². The van der Waals surface area contributed by atoms with Gasteiger partial charge in [-0.05, 0) is 31.0 Å². The molecule has 1 aromatic carbocycles. The fraction of sp³-hybridized carbons (Fsp3) is 0.375. The van der Waals surface area contributed by atoms with Gasteiger partial charge in [0.2, 0.25) is 16.4 Å². The Hall–Kier alpha value is -2.79. The van der Waals surface area contributed by atoms with E-state index in [0.717, 1.165) is 19.3 Å². The van der Waals surface area contributed by atoms with E-state index < -0.39 is 27.3 Å². The van der Waals surface area contributed by atoms with Crippen molar-refractivity contribution < 1.29 is 12.9 Å². The largest absolute Gasteiger partial charge is 0.343 e. The first-order chi connectivity index (χ1) is 13.0. The van der Waals surface area contributed by atoms with E-state index in [-0.39, 0.29) is 15.8 Å². The number of sulfonamides is 1. The highest BCUT2D eigenvalue weighted by atomic mass is 32.2. The van der Waals surface area contributed by atoms with Gasteiger partial charge in [0.05, 0.1) is 21.8 Å². The van der Waals surface area contributed by atoms with Crippen molar-refractivity contribution in [3.05, 3.63) is 51.3 Å². The molecular formula is C16H17N5O5S. The van der Waals surface area contributed by atoms with Crippen molar-refractivity contribution in [1.82, 2.24) is 24.4 Å². The van der Waals surface area contributed by atoms with Gasteiger partial charge in [0.1, 0.15) is 0 Å². The molecule has 0 radical (unpaired) electrons. The standard InChI is InChI=1S/C16H17N5O5S/c22-15-11-8-10(5-6-12(11)18-16(23)19-15)27(24,25)21-7-3-1-2-4-13(21)14-17-9-26-20-14/h5-6,8-9,13H,1-4,7H2,(H2,18,19,22,23)/t13-/m0/s1. The van der Waals surface area contributed by atoms with Crippen LogP contribution in [-0.4, -0.2) is 39.4 Å². The zero-order valence-corrected chi connectivity index (χ0v) is 15.0. The second kappa shape index (κ2) is 6.74. The van der Waals surface area contributed by atoms with E-state index in [4.69, 9.17) is 4.52 Å². The molecule has 4 rings (SSSR count). The van der Waals surface area contributed by atoms with Crippen LogP contribution in [0.3, 0.4) is 0 Å². The number of rotatable bonds is 3. The van der Waals surface area contributed by atoms with E-state index in [1.807, 2.05) is 0 Å². The summed E-state index contributed by atoms with van der Waals surface area (Å²) in [4.78, 5) is 32.0. The van der Waals surface area contributed by atoms with Crippen LogP contribution in [0.15, 0.2) is 43.6 Å². The molecule has 0 amide bonds. The van der Waals surface area contributed by atoms with Crippen LogP contribution in [0.1, 0.15) is 37.5 Å². The van der Waals surface area contributed by atoms with Gasteiger partial charge in [-0.1, -0.05) is 18.0 Å². The number of nitrogens with zero attached hydrogens (tertiary/aromatic N) is 3. The second-order valence-electron chi connectivity index (χ2n) is 6.39. The number of fused-ring (bicyclic) bond motifs is 1. The average Bonchev–Trinajstić information content (AvgIpc) is 3.05. The minimum Gasteiger partial charge on any atom is -0.343 e. The van der Waals surface area contributed by atoms with Gasteiger partial charge in [0.15, 0.2) is 5.82 Å². The molecule has 0 aliphatic carbocycles. The molecule has 0 spiro atoms. The Morgan fingerprint density at radius 2 is 2.00 bits per heavy atom. The minimum atomic E-state index is -3.91. The lowest BCUT2D eigenvalue weighted by atomic mass is 10.1. The Morgan fingerprint density at radius 3 is 2.78 bits per heavy atom. The average molecular weight is 391 g/mol. The highest BCUT2D eigenvalue weighted by molar-refractivity contribution is 7.89. The highest BCUT2D eigenvalue weighted by Crippen LogP contribution is 2.33. The summed E-state index contributed by atoms with van der Waals surface area (Å²) in [6, 6.07) is 3.55. The normalized spacial score (nSPS) is 19.2. The number of H-pyrrole nitrogens is 2. The summed E-state index contributed by atoms with van der Waals surface area (Å²) in [5, 5.41) is 3.92. The van der Waals surface area contributed by atoms with Gasteiger partial charge in [0.25, 0.3) is 5.56 Å². The summed E-state index contributed by atoms with van der Waals surface area (Å²) in [7, 11) is -3.91. The molecule has 0 saturated carbocycles. The van der Waals surface area contributed by atoms with E-state index in [9.17, 15) is 18.0 Å².